The first-order valence-corrected chi connectivity index (χ1v) is 7.82. The van der Waals surface area contributed by atoms with Crippen molar-refractivity contribution in [1.29, 1.82) is 0 Å². The number of sulfonamides is 1. The third kappa shape index (κ3) is 4.77. The van der Waals surface area contributed by atoms with Gasteiger partial charge in [0.2, 0.25) is 15.9 Å². The maximum atomic E-state index is 12.0. The number of aromatic nitrogens is 1. The van der Waals surface area contributed by atoms with E-state index in [2.05, 4.69) is 31.0 Å². The van der Waals surface area contributed by atoms with Gasteiger partial charge in [-0.15, -0.1) is 0 Å². The van der Waals surface area contributed by atoms with Crippen molar-refractivity contribution in [2.24, 2.45) is 0 Å². The molecule has 9 heteroatoms. The second-order valence-electron chi connectivity index (χ2n) is 3.64. The molecule has 0 aliphatic carbocycles. The average molecular weight is 351 g/mol. The molecule has 0 atom stereocenters. The van der Waals surface area contributed by atoms with Crippen LogP contribution in [0.4, 0.5) is 5.82 Å². The van der Waals surface area contributed by atoms with Crippen LogP contribution in [0, 0.1) is 0 Å². The van der Waals surface area contributed by atoms with Gasteiger partial charge in [0.25, 0.3) is 0 Å². The van der Waals surface area contributed by atoms with Crippen LogP contribution in [-0.2, 0) is 14.8 Å². The van der Waals surface area contributed by atoms with Crippen LogP contribution in [0.2, 0.25) is 0 Å². The molecule has 0 saturated heterocycles. The fraction of sp³-hybridized carbons (Fsp3) is 0.400. The number of hydrogen-bond acceptors (Lipinski definition) is 5. The fourth-order valence-corrected chi connectivity index (χ4v) is 2.93. The van der Waals surface area contributed by atoms with Crippen LogP contribution < -0.4 is 15.8 Å². The summed E-state index contributed by atoms with van der Waals surface area (Å²) in [5.74, 6) is -0.306. The molecule has 0 radical (unpaired) electrons. The predicted molar refractivity (Wildman–Crippen MR) is 74.8 cm³/mol. The van der Waals surface area contributed by atoms with Gasteiger partial charge in [-0.25, -0.2) is 18.1 Å². The molecule has 106 valence electrons. The molecular formula is C10H15BrN4O3S. The van der Waals surface area contributed by atoms with E-state index in [4.69, 9.17) is 5.73 Å². The summed E-state index contributed by atoms with van der Waals surface area (Å²) in [7, 11) is -3.77. The van der Waals surface area contributed by atoms with Gasteiger partial charge in [0, 0.05) is 30.2 Å². The topological polar surface area (TPSA) is 114 Å². The second kappa shape index (κ2) is 6.83. The van der Waals surface area contributed by atoms with Crippen molar-refractivity contribution in [2.75, 3.05) is 18.8 Å². The first-order chi connectivity index (χ1) is 8.86. The van der Waals surface area contributed by atoms with Gasteiger partial charge in [-0.3, -0.25) is 4.79 Å². The van der Waals surface area contributed by atoms with Crippen molar-refractivity contribution in [3.8, 4) is 0 Å². The minimum Gasteiger partial charge on any atom is -0.383 e. The number of amides is 1. The lowest BCUT2D eigenvalue weighted by Crippen LogP contribution is -2.31. The van der Waals surface area contributed by atoms with Crippen LogP contribution in [0.1, 0.15) is 13.3 Å². The van der Waals surface area contributed by atoms with Gasteiger partial charge in [0.05, 0.1) is 0 Å². The highest BCUT2D eigenvalue weighted by Crippen LogP contribution is 2.20. The zero-order chi connectivity index (χ0) is 14.5. The molecule has 0 fully saturated rings. The molecule has 0 bridgehead atoms. The SMILES string of the molecule is CCNC(=O)CCNS(=O)(=O)c1cc(Br)cnc1N. The maximum absolute atomic E-state index is 12.0. The van der Waals surface area contributed by atoms with E-state index in [1.807, 2.05) is 0 Å². The molecule has 1 amide bonds. The first-order valence-electron chi connectivity index (χ1n) is 5.54. The van der Waals surface area contributed by atoms with Crippen LogP contribution >= 0.6 is 15.9 Å². The molecule has 0 aromatic carbocycles. The molecule has 1 aromatic heterocycles. The first kappa shape index (κ1) is 15.9. The summed E-state index contributed by atoms with van der Waals surface area (Å²) < 4.78 is 26.7. The Hall–Kier alpha value is -1.19. The number of pyridine rings is 1. The van der Waals surface area contributed by atoms with Crippen molar-refractivity contribution in [1.82, 2.24) is 15.0 Å². The Labute approximate surface area is 120 Å². The maximum Gasteiger partial charge on any atom is 0.244 e. The number of hydrogen-bond donors (Lipinski definition) is 3. The molecule has 7 nitrogen and oxygen atoms in total. The number of halogens is 1. The van der Waals surface area contributed by atoms with Crippen molar-refractivity contribution >= 4 is 37.7 Å². The molecule has 1 heterocycles. The Balaban J connectivity index is 2.71. The van der Waals surface area contributed by atoms with Gasteiger partial charge in [0.15, 0.2) is 0 Å². The lowest BCUT2D eigenvalue weighted by atomic mass is 10.4. The van der Waals surface area contributed by atoms with Crippen LogP contribution in [0.3, 0.4) is 0 Å². The van der Waals surface area contributed by atoms with E-state index in [1.165, 1.54) is 12.3 Å². The molecule has 1 rings (SSSR count). The normalized spacial score (nSPS) is 11.3. The number of carbonyl (C=O) groups excluding carboxylic acids is 1. The Morgan fingerprint density at radius 2 is 2.21 bits per heavy atom. The Morgan fingerprint density at radius 1 is 1.53 bits per heavy atom. The monoisotopic (exact) mass is 350 g/mol. The summed E-state index contributed by atoms with van der Waals surface area (Å²) >= 11 is 3.13. The largest absolute Gasteiger partial charge is 0.383 e. The smallest absolute Gasteiger partial charge is 0.244 e. The third-order valence-corrected chi connectivity index (χ3v) is 4.08. The Bertz CT molecular complexity index is 562. The summed E-state index contributed by atoms with van der Waals surface area (Å²) in [6.07, 6.45) is 1.47. The molecular weight excluding hydrogens is 336 g/mol. The van der Waals surface area contributed by atoms with Gasteiger partial charge in [-0.05, 0) is 28.9 Å². The highest BCUT2D eigenvalue weighted by Gasteiger charge is 2.18. The number of anilines is 1. The highest BCUT2D eigenvalue weighted by atomic mass is 79.9. The minimum absolute atomic E-state index is 0.000119. The van der Waals surface area contributed by atoms with Crippen molar-refractivity contribution in [3.63, 3.8) is 0 Å². The van der Waals surface area contributed by atoms with E-state index in [9.17, 15) is 13.2 Å². The van der Waals surface area contributed by atoms with Gasteiger partial charge in [-0.2, -0.15) is 0 Å². The van der Waals surface area contributed by atoms with Gasteiger partial charge < -0.3 is 11.1 Å². The van der Waals surface area contributed by atoms with Crippen LogP contribution in [0.25, 0.3) is 0 Å². The number of carbonyl (C=O) groups is 1. The van der Waals surface area contributed by atoms with E-state index in [1.54, 1.807) is 6.92 Å². The van der Waals surface area contributed by atoms with E-state index >= 15 is 0 Å². The van der Waals surface area contributed by atoms with Crippen LogP contribution in [-0.4, -0.2) is 32.4 Å². The van der Waals surface area contributed by atoms with Crippen LogP contribution in [0.5, 0.6) is 0 Å². The summed E-state index contributed by atoms with van der Waals surface area (Å²) in [6, 6.07) is 1.36. The zero-order valence-corrected chi connectivity index (χ0v) is 12.7. The Kier molecular flexibility index (Phi) is 5.70. The number of nitrogens with one attached hydrogen (secondary N) is 2. The van der Waals surface area contributed by atoms with Gasteiger partial charge >= 0.3 is 0 Å². The van der Waals surface area contributed by atoms with Crippen molar-refractivity contribution in [2.45, 2.75) is 18.2 Å². The molecule has 0 aliphatic heterocycles. The number of rotatable bonds is 6. The third-order valence-electron chi connectivity index (χ3n) is 2.16. The predicted octanol–water partition coefficient (Wildman–Crippen LogP) is 0.231. The van der Waals surface area contributed by atoms with Gasteiger partial charge in [-0.1, -0.05) is 0 Å². The zero-order valence-electron chi connectivity index (χ0n) is 10.3. The highest BCUT2D eigenvalue weighted by molar-refractivity contribution is 9.10. The molecule has 0 aliphatic rings. The lowest BCUT2D eigenvalue weighted by Gasteiger charge is -2.08. The summed E-state index contributed by atoms with van der Waals surface area (Å²) in [5.41, 5.74) is 5.52. The number of nitrogens with zero attached hydrogens (tertiary/aromatic N) is 1. The quantitative estimate of drug-likeness (QED) is 0.679. The van der Waals surface area contributed by atoms with Crippen LogP contribution in [0.15, 0.2) is 21.6 Å². The van der Waals surface area contributed by atoms with E-state index in [0.717, 1.165) is 0 Å². The van der Waals surface area contributed by atoms with Gasteiger partial charge in [0.1, 0.15) is 10.7 Å². The fourth-order valence-electron chi connectivity index (χ4n) is 1.31. The molecule has 4 N–H and O–H groups in total. The van der Waals surface area contributed by atoms with E-state index in [-0.39, 0.29) is 29.6 Å². The molecule has 19 heavy (non-hydrogen) atoms. The second-order valence-corrected chi connectivity index (χ2v) is 6.29. The Morgan fingerprint density at radius 3 is 2.84 bits per heavy atom. The summed E-state index contributed by atoms with van der Waals surface area (Å²) in [6.45, 7) is 2.30. The molecule has 0 spiro atoms. The molecule has 0 saturated carbocycles. The average Bonchev–Trinajstić information content (AvgIpc) is 2.32. The number of nitrogens with two attached hydrogens (primary N) is 1. The van der Waals surface area contributed by atoms with E-state index in [0.29, 0.717) is 11.0 Å². The van der Waals surface area contributed by atoms with Crippen molar-refractivity contribution in [3.05, 3.63) is 16.7 Å². The summed E-state index contributed by atoms with van der Waals surface area (Å²) in [4.78, 5) is 14.8. The molecule has 1 aromatic rings. The number of nitrogen functional groups attached to an aromatic ring is 1. The standard InChI is InChI=1S/C10H15BrN4O3S/c1-2-13-9(16)3-4-15-19(17,18)8-5-7(11)6-14-10(8)12/h5-6,15H,2-4H2,1H3,(H2,12,14)(H,13,16). The molecule has 0 unspecified atom stereocenters. The minimum atomic E-state index is -3.77. The lowest BCUT2D eigenvalue weighted by molar-refractivity contribution is -0.120. The van der Waals surface area contributed by atoms with Crippen molar-refractivity contribution < 1.29 is 13.2 Å². The van der Waals surface area contributed by atoms with E-state index < -0.39 is 10.0 Å². The summed E-state index contributed by atoms with van der Waals surface area (Å²) in [5, 5.41) is 2.57.